The van der Waals surface area contributed by atoms with E-state index in [-0.39, 0.29) is 12.0 Å². The number of hydrogen-bond donors (Lipinski definition) is 0. The van der Waals surface area contributed by atoms with Gasteiger partial charge in [-0.2, -0.15) is 0 Å². The summed E-state index contributed by atoms with van der Waals surface area (Å²) in [5.74, 6) is 0.0814. The van der Waals surface area contributed by atoms with Crippen molar-refractivity contribution < 1.29 is 14.3 Å². The van der Waals surface area contributed by atoms with Crippen molar-refractivity contribution in [3.05, 3.63) is 24.0 Å². The Kier molecular flexibility index (Phi) is 4.31. The summed E-state index contributed by atoms with van der Waals surface area (Å²) in [5, 5.41) is 8.26. The van der Waals surface area contributed by atoms with E-state index in [0.717, 1.165) is 24.2 Å². The minimum absolute atomic E-state index is 0.0814. The molecule has 114 valence electrons. The van der Waals surface area contributed by atoms with Gasteiger partial charge in [0.2, 0.25) is 0 Å². The summed E-state index contributed by atoms with van der Waals surface area (Å²) in [7, 11) is 0. The van der Waals surface area contributed by atoms with E-state index >= 15 is 0 Å². The monoisotopic (exact) mass is 292 g/mol. The third-order valence-corrected chi connectivity index (χ3v) is 3.83. The maximum absolute atomic E-state index is 12.4. The van der Waals surface area contributed by atoms with Crippen LogP contribution in [0.2, 0.25) is 0 Å². The highest BCUT2D eigenvalue weighted by Crippen LogP contribution is 2.20. The number of carbonyl (C=O) groups excluding carboxylic acids is 1. The molecule has 0 aromatic carbocycles. The van der Waals surface area contributed by atoms with Gasteiger partial charge in [-0.1, -0.05) is 11.3 Å². The van der Waals surface area contributed by atoms with Gasteiger partial charge in [-0.25, -0.2) is 4.68 Å². The first-order valence-electron chi connectivity index (χ1n) is 7.30. The molecule has 1 fully saturated rings. The Morgan fingerprint density at radius 1 is 1.52 bits per heavy atom. The first kappa shape index (κ1) is 14.2. The summed E-state index contributed by atoms with van der Waals surface area (Å²) >= 11 is 0. The highest BCUT2D eigenvalue weighted by molar-refractivity contribution is 5.81. The van der Waals surface area contributed by atoms with Crippen LogP contribution in [-0.2, 0) is 34.0 Å². The summed E-state index contributed by atoms with van der Waals surface area (Å²) in [5.41, 5.74) is 1.75. The van der Waals surface area contributed by atoms with Gasteiger partial charge in [0.15, 0.2) is 0 Å². The summed E-state index contributed by atoms with van der Waals surface area (Å²) in [6.07, 6.45) is 3.21. The Morgan fingerprint density at radius 3 is 3.19 bits per heavy atom. The lowest BCUT2D eigenvalue weighted by Crippen LogP contribution is -2.43. The molecule has 1 atom stereocenters. The van der Waals surface area contributed by atoms with Gasteiger partial charge in [0, 0.05) is 13.2 Å². The molecule has 1 unspecified atom stereocenters. The average Bonchev–Trinajstić information content (AvgIpc) is 3.16. The number of fused-ring (bicyclic) bond motifs is 1. The van der Waals surface area contributed by atoms with Crippen LogP contribution in [0.1, 0.15) is 24.2 Å². The lowest BCUT2D eigenvalue weighted by molar-refractivity contribution is -0.142. The van der Waals surface area contributed by atoms with Crippen molar-refractivity contribution in [3.63, 3.8) is 0 Å². The minimum Gasteiger partial charge on any atom is -0.371 e. The van der Waals surface area contributed by atoms with E-state index in [9.17, 15) is 4.79 Å². The molecule has 0 saturated carbocycles. The number of aromatic nitrogens is 3. The topological polar surface area (TPSA) is 69.5 Å². The number of ether oxygens (including phenoxy) is 2. The largest absolute Gasteiger partial charge is 0.371 e. The molecule has 7 nitrogen and oxygen atoms in total. The Hall–Kier alpha value is -1.73. The summed E-state index contributed by atoms with van der Waals surface area (Å²) < 4.78 is 12.8. The van der Waals surface area contributed by atoms with Gasteiger partial charge in [-0.3, -0.25) is 4.79 Å². The van der Waals surface area contributed by atoms with Crippen molar-refractivity contribution in [2.24, 2.45) is 0 Å². The Morgan fingerprint density at radius 2 is 2.43 bits per heavy atom. The third-order valence-electron chi connectivity index (χ3n) is 3.83. The van der Waals surface area contributed by atoms with E-state index in [2.05, 4.69) is 16.9 Å². The standard InChI is InChI=1S/C14H20N4O3/c1-2-7-20-10-11-12-9-17(5-6-18(12)16-15-11)14(19)13-4-3-8-21-13/h2,13H,1,3-10H2. The summed E-state index contributed by atoms with van der Waals surface area (Å²) in [6, 6.07) is 0. The molecule has 0 spiro atoms. The zero-order valence-corrected chi connectivity index (χ0v) is 12.0. The molecule has 2 aliphatic rings. The van der Waals surface area contributed by atoms with Crippen LogP contribution in [-0.4, -0.2) is 51.7 Å². The second kappa shape index (κ2) is 6.36. The van der Waals surface area contributed by atoms with Gasteiger partial charge < -0.3 is 14.4 Å². The fourth-order valence-electron chi connectivity index (χ4n) is 2.71. The quantitative estimate of drug-likeness (QED) is 0.584. The molecule has 0 aliphatic carbocycles. The first-order valence-corrected chi connectivity index (χ1v) is 7.30. The summed E-state index contributed by atoms with van der Waals surface area (Å²) in [4.78, 5) is 14.2. The van der Waals surface area contributed by atoms with Gasteiger partial charge in [-0.15, -0.1) is 11.7 Å². The molecule has 1 saturated heterocycles. The van der Waals surface area contributed by atoms with Crippen LogP contribution >= 0.6 is 0 Å². The second-order valence-electron chi connectivity index (χ2n) is 5.27. The number of carbonyl (C=O) groups is 1. The highest BCUT2D eigenvalue weighted by Gasteiger charge is 2.31. The van der Waals surface area contributed by atoms with Crippen molar-refractivity contribution >= 4 is 5.91 Å². The lowest BCUT2D eigenvalue weighted by Gasteiger charge is -2.29. The van der Waals surface area contributed by atoms with Crippen molar-refractivity contribution in [3.8, 4) is 0 Å². The van der Waals surface area contributed by atoms with E-state index in [1.165, 1.54) is 0 Å². The maximum atomic E-state index is 12.4. The smallest absolute Gasteiger partial charge is 0.252 e. The average molecular weight is 292 g/mol. The third kappa shape index (κ3) is 2.98. The van der Waals surface area contributed by atoms with Gasteiger partial charge >= 0.3 is 0 Å². The maximum Gasteiger partial charge on any atom is 0.252 e. The zero-order valence-electron chi connectivity index (χ0n) is 12.0. The zero-order chi connectivity index (χ0) is 14.7. The molecule has 0 bridgehead atoms. The van der Waals surface area contributed by atoms with Crippen molar-refractivity contribution in [2.75, 3.05) is 19.8 Å². The normalized spacial score (nSPS) is 21.3. The fourth-order valence-corrected chi connectivity index (χ4v) is 2.71. The highest BCUT2D eigenvalue weighted by atomic mass is 16.5. The molecule has 21 heavy (non-hydrogen) atoms. The van der Waals surface area contributed by atoms with Gasteiger partial charge in [0.25, 0.3) is 5.91 Å². The van der Waals surface area contributed by atoms with Crippen LogP contribution in [0.3, 0.4) is 0 Å². The predicted octanol–water partition coefficient (Wildman–Crippen LogP) is 0.502. The predicted molar refractivity (Wildman–Crippen MR) is 74.3 cm³/mol. The van der Waals surface area contributed by atoms with Crippen LogP contribution < -0.4 is 0 Å². The molecule has 2 aliphatic heterocycles. The van der Waals surface area contributed by atoms with Crippen LogP contribution in [0.25, 0.3) is 0 Å². The van der Waals surface area contributed by atoms with E-state index < -0.39 is 0 Å². The number of rotatable bonds is 5. The molecular formula is C14H20N4O3. The minimum atomic E-state index is -0.270. The van der Waals surface area contributed by atoms with Crippen molar-refractivity contribution in [2.45, 2.75) is 38.6 Å². The Labute approximate surface area is 123 Å². The van der Waals surface area contributed by atoms with Crippen LogP contribution in [0.15, 0.2) is 12.7 Å². The van der Waals surface area contributed by atoms with Gasteiger partial charge in [-0.05, 0) is 12.8 Å². The molecule has 0 N–H and O–H groups in total. The molecule has 3 heterocycles. The van der Waals surface area contributed by atoms with Gasteiger partial charge in [0.05, 0.1) is 32.0 Å². The molecular weight excluding hydrogens is 272 g/mol. The Bertz CT molecular complexity index is 522. The van der Waals surface area contributed by atoms with Crippen LogP contribution in [0, 0.1) is 0 Å². The van der Waals surface area contributed by atoms with E-state index in [4.69, 9.17) is 9.47 Å². The lowest BCUT2D eigenvalue weighted by atomic mass is 10.2. The fraction of sp³-hybridized carbons (Fsp3) is 0.643. The van der Waals surface area contributed by atoms with Gasteiger partial charge in [0.1, 0.15) is 11.8 Å². The molecule has 1 aromatic heterocycles. The number of nitrogens with zero attached hydrogens (tertiary/aromatic N) is 4. The molecule has 1 aromatic rings. The first-order chi connectivity index (χ1) is 10.3. The number of amides is 1. The number of hydrogen-bond acceptors (Lipinski definition) is 5. The molecule has 0 radical (unpaired) electrons. The van der Waals surface area contributed by atoms with Crippen LogP contribution in [0.5, 0.6) is 0 Å². The van der Waals surface area contributed by atoms with Crippen molar-refractivity contribution in [1.82, 2.24) is 19.9 Å². The van der Waals surface area contributed by atoms with Crippen LogP contribution in [0.4, 0.5) is 0 Å². The molecule has 7 heteroatoms. The molecule has 1 amide bonds. The SMILES string of the molecule is C=CCOCc1nnn2c1CN(C(=O)C1CCCO1)CC2. The summed E-state index contributed by atoms with van der Waals surface area (Å²) in [6.45, 7) is 7.02. The Balaban J connectivity index is 1.67. The van der Waals surface area contributed by atoms with E-state index in [1.807, 2.05) is 9.58 Å². The molecule has 3 rings (SSSR count). The van der Waals surface area contributed by atoms with E-state index in [1.54, 1.807) is 6.08 Å². The second-order valence-corrected chi connectivity index (χ2v) is 5.27. The van der Waals surface area contributed by atoms with Crippen molar-refractivity contribution in [1.29, 1.82) is 0 Å². The van der Waals surface area contributed by atoms with E-state index in [0.29, 0.717) is 39.5 Å².